The van der Waals surface area contributed by atoms with Crippen molar-refractivity contribution in [2.75, 3.05) is 18.6 Å². The van der Waals surface area contributed by atoms with Crippen molar-refractivity contribution in [3.05, 3.63) is 23.4 Å². The molecule has 0 spiro atoms. The first kappa shape index (κ1) is 20.3. The van der Waals surface area contributed by atoms with Crippen LogP contribution in [0.2, 0.25) is 0 Å². The third kappa shape index (κ3) is 9.84. The van der Waals surface area contributed by atoms with Crippen LogP contribution in [-0.2, 0) is 20.7 Å². The lowest BCUT2D eigenvalue weighted by Crippen LogP contribution is -2.07. The summed E-state index contributed by atoms with van der Waals surface area (Å²) in [7, 11) is -3.41. The van der Waals surface area contributed by atoms with Gasteiger partial charge in [-0.25, -0.2) is 4.98 Å². The second-order valence-electron chi connectivity index (χ2n) is 6.34. The van der Waals surface area contributed by atoms with Gasteiger partial charge in [0.15, 0.2) is 0 Å². The van der Waals surface area contributed by atoms with E-state index in [1.54, 1.807) is 0 Å². The Kier molecular flexibility index (Phi) is 7.83. The molecule has 132 valence electrons. The highest BCUT2D eigenvalue weighted by Gasteiger charge is 2.10. The van der Waals surface area contributed by atoms with Crippen LogP contribution in [0.3, 0.4) is 0 Å². The van der Waals surface area contributed by atoms with Crippen LogP contribution in [0, 0.1) is 6.92 Å². The Balaban J connectivity index is 2.38. The highest BCUT2D eigenvalue weighted by atomic mass is 32.2. The molecule has 0 aromatic carbocycles. The summed E-state index contributed by atoms with van der Waals surface area (Å²) >= 11 is 1.96. The first-order valence-electron chi connectivity index (χ1n) is 7.68. The fraction of sp³-hybridized carbons (Fsp3) is 0.688. The van der Waals surface area contributed by atoms with E-state index in [-0.39, 0.29) is 6.61 Å². The number of oxazole rings is 1. The highest BCUT2D eigenvalue weighted by Crippen LogP contribution is 2.24. The molecular weight excluding hydrogens is 334 g/mol. The first-order valence-corrected chi connectivity index (χ1v) is 10.5. The zero-order valence-electron chi connectivity index (χ0n) is 14.6. The van der Waals surface area contributed by atoms with E-state index < -0.39 is 10.1 Å². The number of thioether (sulfide) groups is 1. The largest absolute Gasteiger partial charge is 0.442 e. The van der Waals surface area contributed by atoms with Crippen molar-refractivity contribution in [3.63, 3.8) is 0 Å². The van der Waals surface area contributed by atoms with Crippen LogP contribution in [0.4, 0.5) is 0 Å². The lowest BCUT2D eigenvalue weighted by atomic mass is 10.3. The minimum absolute atomic E-state index is 0.0827. The number of aryl methyl sites for hydroxylation is 1. The van der Waals surface area contributed by atoms with Crippen molar-refractivity contribution in [3.8, 4) is 0 Å². The highest BCUT2D eigenvalue weighted by molar-refractivity contribution is 8.00. The van der Waals surface area contributed by atoms with Gasteiger partial charge < -0.3 is 4.42 Å². The predicted octanol–water partition coefficient (Wildman–Crippen LogP) is 3.83. The zero-order chi connectivity index (χ0) is 17.5. The molecule has 0 saturated carbocycles. The van der Waals surface area contributed by atoms with Crippen molar-refractivity contribution in [2.45, 2.75) is 51.7 Å². The Morgan fingerprint density at radius 3 is 2.65 bits per heavy atom. The predicted molar refractivity (Wildman–Crippen MR) is 96.2 cm³/mol. The van der Waals surface area contributed by atoms with E-state index in [1.165, 1.54) is 0 Å². The average molecular weight is 362 g/mol. The van der Waals surface area contributed by atoms with Crippen molar-refractivity contribution in [2.24, 2.45) is 0 Å². The van der Waals surface area contributed by atoms with Crippen molar-refractivity contribution >= 4 is 28.0 Å². The summed E-state index contributed by atoms with van der Waals surface area (Å²) in [5, 5.41) is 0. The summed E-state index contributed by atoms with van der Waals surface area (Å²) in [4.78, 5) is 4.35. The normalized spacial score (nSPS) is 13.1. The molecule has 0 atom stereocenters. The maximum absolute atomic E-state index is 10.9. The lowest BCUT2D eigenvalue weighted by Gasteiger charge is -2.16. The molecule has 0 aliphatic carbocycles. The van der Waals surface area contributed by atoms with Gasteiger partial charge in [-0.1, -0.05) is 26.8 Å². The summed E-state index contributed by atoms with van der Waals surface area (Å²) in [5.41, 5.74) is 0.733. The SMILES string of the molecule is Cc1oc(C=CCCCSC(C)(C)C)nc1CCOS(C)(=O)=O. The van der Waals surface area contributed by atoms with Crippen LogP contribution in [0.5, 0.6) is 0 Å². The van der Waals surface area contributed by atoms with Crippen LogP contribution in [-0.4, -0.2) is 36.8 Å². The number of rotatable bonds is 9. The minimum atomic E-state index is -3.41. The molecule has 0 unspecified atom stereocenters. The summed E-state index contributed by atoms with van der Waals surface area (Å²) in [5.74, 6) is 2.39. The summed E-state index contributed by atoms with van der Waals surface area (Å²) in [6.07, 6.45) is 7.48. The Hall–Kier alpha value is -0.790. The van der Waals surface area contributed by atoms with Crippen LogP contribution >= 0.6 is 11.8 Å². The minimum Gasteiger partial charge on any atom is -0.442 e. The second kappa shape index (κ2) is 8.89. The molecule has 5 nitrogen and oxygen atoms in total. The molecule has 0 fully saturated rings. The van der Waals surface area contributed by atoms with E-state index >= 15 is 0 Å². The van der Waals surface area contributed by atoms with Crippen molar-refractivity contribution in [1.29, 1.82) is 0 Å². The maximum Gasteiger partial charge on any atom is 0.264 e. The standard InChI is InChI=1S/C16H27NO4S2/c1-13-14(10-11-20-23(5,18)19)17-15(21-13)9-7-6-8-12-22-16(2,3)4/h7,9H,6,8,10-12H2,1-5H3. The molecule has 0 N–H and O–H groups in total. The average Bonchev–Trinajstić information content (AvgIpc) is 2.72. The topological polar surface area (TPSA) is 69.4 Å². The third-order valence-electron chi connectivity index (χ3n) is 2.86. The van der Waals surface area contributed by atoms with E-state index in [0.29, 0.717) is 22.8 Å². The summed E-state index contributed by atoms with van der Waals surface area (Å²) < 4.78 is 32.4. The fourth-order valence-electron chi connectivity index (χ4n) is 1.81. The van der Waals surface area contributed by atoms with Crippen LogP contribution in [0.1, 0.15) is 51.0 Å². The van der Waals surface area contributed by atoms with Crippen molar-refractivity contribution in [1.82, 2.24) is 4.98 Å². The number of allylic oxidation sites excluding steroid dienone is 1. The zero-order valence-corrected chi connectivity index (χ0v) is 16.2. The van der Waals surface area contributed by atoms with Gasteiger partial charge in [-0.2, -0.15) is 20.2 Å². The molecule has 0 aliphatic heterocycles. The molecule has 0 amide bonds. The number of hydrogen-bond acceptors (Lipinski definition) is 6. The lowest BCUT2D eigenvalue weighted by molar-refractivity contribution is 0.324. The quantitative estimate of drug-likeness (QED) is 0.492. The van der Waals surface area contributed by atoms with Gasteiger partial charge in [0.2, 0.25) is 5.89 Å². The van der Waals surface area contributed by atoms with Crippen LogP contribution in [0.25, 0.3) is 6.08 Å². The second-order valence-corrected chi connectivity index (χ2v) is 9.90. The molecule has 7 heteroatoms. The van der Waals surface area contributed by atoms with Gasteiger partial charge in [0.25, 0.3) is 10.1 Å². The van der Waals surface area contributed by atoms with Gasteiger partial charge in [0.05, 0.1) is 18.6 Å². The van der Waals surface area contributed by atoms with E-state index in [0.717, 1.165) is 30.5 Å². The number of nitrogens with zero attached hydrogens (tertiary/aromatic N) is 1. The van der Waals surface area contributed by atoms with Gasteiger partial charge in [-0.15, -0.1) is 0 Å². The smallest absolute Gasteiger partial charge is 0.264 e. The van der Waals surface area contributed by atoms with Gasteiger partial charge in [0, 0.05) is 11.2 Å². The molecule has 0 saturated heterocycles. The van der Waals surface area contributed by atoms with Gasteiger partial charge >= 0.3 is 0 Å². The Labute approximate surface area is 144 Å². The Morgan fingerprint density at radius 1 is 1.35 bits per heavy atom. The maximum atomic E-state index is 10.9. The Bertz CT molecular complexity index is 613. The van der Waals surface area contributed by atoms with Crippen molar-refractivity contribution < 1.29 is 17.0 Å². The molecular formula is C16H27NO4S2. The molecule has 1 rings (SSSR count). The molecule has 0 radical (unpaired) electrons. The molecule has 0 bridgehead atoms. The number of hydrogen-bond donors (Lipinski definition) is 0. The number of unbranched alkanes of at least 4 members (excludes halogenated alkanes) is 1. The number of aromatic nitrogens is 1. The summed E-state index contributed by atoms with van der Waals surface area (Å²) in [6, 6.07) is 0. The van der Waals surface area contributed by atoms with E-state index in [9.17, 15) is 8.42 Å². The molecule has 1 heterocycles. The van der Waals surface area contributed by atoms with Gasteiger partial charge in [-0.3, -0.25) is 4.18 Å². The Morgan fingerprint density at radius 2 is 2.04 bits per heavy atom. The fourth-order valence-corrected chi connectivity index (χ4v) is 3.12. The monoisotopic (exact) mass is 361 g/mol. The molecule has 23 heavy (non-hydrogen) atoms. The van der Waals surface area contributed by atoms with E-state index in [1.807, 2.05) is 24.8 Å². The van der Waals surface area contributed by atoms with Gasteiger partial charge in [0.1, 0.15) is 5.76 Å². The van der Waals surface area contributed by atoms with E-state index in [4.69, 9.17) is 8.60 Å². The van der Waals surface area contributed by atoms with Crippen LogP contribution in [0.15, 0.2) is 10.5 Å². The first-order chi connectivity index (χ1) is 10.6. The van der Waals surface area contributed by atoms with Crippen LogP contribution < -0.4 is 0 Å². The van der Waals surface area contributed by atoms with E-state index in [2.05, 4.69) is 31.8 Å². The van der Waals surface area contributed by atoms with Gasteiger partial charge in [-0.05, 0) is 31.6 Å². The molecule has 1 aromatic rings. The molecule has 1 aromatic heterocycles. The molecule has 0 aliphatic rings. The third-order valence-corrected chi connectivity index (χ3v) is 4.81. The summed E-state index contributed by atoms with van der Waals surface area (Å²) in [6.45, 7) is 8.56.